The first-order valence-electron chi connectivity index (χ1n) is 4.85. The maximum absolute atomic E-state index is 11.6. The zero-order valence-electron chi connectivity index (χ0n) is 6.95. The van der Waals surface area contributed by atoms with Crippen molar-refractivity contribution in [1.82, 2.24) is 0 Å². The molecule has 12 heavy (non-hydrogen) atoms. The van der Waals surface area contributed by atoms with Crippen molar-refractivity contribution in [2.75, 3.05) is 0 Å². The van der Waals surface area contributed by atoms with Gasteiger partial charge >= 0.3 is 0 Å². The summed E-state index contributed by atoms with van der Waals surface area (Å²) in [6, 6.07) is 0. The van der Waals surface area contributed by atoms with E-state index in [1.54, 1.807) is 0 Å². The lowest BCUT2D eigenvalue weighted by atomic mass is 9.81. The highest BCUT2D eigenvalue weighted by molar-refractivity contribution is 6.12. The molecule has 3 saturated carbocycles. The Hall–Kier alpha value is -0.660. The number of Topliss-reactive ketones (excluding diaryl/α,β-unsaturated/α-hetero) is 2. The van der Waals surface area contributed by atoms with E-state index in [0.29, 0.717) is 18.3 Å². The number of hydrogen-bond acceptors (Lipinski definition) is 2. The Bertz CT molecular complexity index is 269. The molecule has 0 spiro atoms. The van der Waals surface area contributed by atoms with Crippen molar-refractivity contribution in [3.8, 4) is 0 Å². The van der Waals surface area contributed by atoms with Crippen molar-refractivity contribution in [3.05, 3.63) is 0 Å². The van der Waals surface area contributed by atoms with Gasteiger partial charge < -0.3 is 0 Å². The Morgan fingerprint density at radius 2 is 1.83 bits per heavy atom. The molecule has 0 aliphatic heterocycles. The zero-order valence-corrected chi connectivity index (χ0v) is 6.95. The molecule has 2 nitrogen and oxygen atoms in total. The number of rotatable bonds is 0. The molecule has 0 aromatic rings. The summed E-state index contributed by atoms with van der Waals surface area (Å²) < 4.78 is 0. The molecule has 3 rings (SSSR count). The van der Waals surface area contributed by atoms with Gasteiger partial charge in [0.2, 0.25) is 0 Å². The SMILES string of the molecule is O=C1C[C@H]2C(=O)[C@@H]1[C@@H]1CCC[C@@H]12. The Morgan fingerprint density at radius 3 is 2.67 bits per heavy atom. The van der Waals surface area contributed by atoms with E-state index in [4.69, 9.17) is 0 Å². The normalized spacial score (nSPS) is 50.3. The smallest absolute Gasteiger partial charge is 0.147 e. The second-order valence-corrected chi connectivity index (χ2v) is 4.42. The molecule has 0 N–H and O–H groups in total. The Kier molecular flexibility index (Phi) is 1.12. The van der Waals surface area contributed by atoms with Crippen LogP contribution in [-0.2, 0) is 9.59 Å². The zero-order chi connectivity index (χ0) is 8.29. The molecular weight excluding hydrogens is 152 g/mol. The van der Waals surface area contributed by atoms with E-state index in [-0.39, 0.29) is 23.4 Å². The first-order chi connectivity index (χ1) is 5.79. The molecule has 0 aromatic carbocycles. The third-order valence-electron chi connectivity index (χ3n) is 4.01. The van der Waals surface area contributed by atoms with E-state index in [0.717, 1.165) is 6.42 Å². The van der Waals surface area contributed by atoms with Crippen molar-refractivity contribution in [3.63, 3.8) is 0 Å². The summed E-state index contributed by atoms with van der Waals surface area (Å²) in [6.45, 7) is 0. The second-order valence-electron chi connectivity index (χ2n) is 4.42. The van der Waals surface area contributed by atoms with Gasteiger partial charge in [0, 0.05) is 12.3 Å². The minimum Gasteiger partial charge on any atom is -0.299 e. The van der Waals surface area contributed by atoms with Crippen LogP contribution in [0.2, 0.25) is 0 Å². The topological polar surface area (TPSA) is 34.1 Å². The van der Waals surface area contributed by atoms with Crippen LogP contribution in [0.15, 0.2) is 0 Å². The first kappa shape index (κ1) is 6.81. The summed E-state index contributed by atoms with van der Waals surface area (Å²) in [6.07, 6.45) is 4.14. The molecule has 0 amide bonds. The summed E-state index contributed by atoms with van der Waals surface area (Å²) in [7, 11) is 0. The second kappa shape index (κ2) is 1.98. The van der Waals surface area contributed by atoms with Crippen LogP contribution in [0.3, 0.4) is 0 Å². The predicted molar refractivity (Wildman–Crippen MR) is 42.4 cm³/mol. The number of carbonyl (C=O) groups excluding carboxylic acids is 2. The standard InChI is InChI=1S/C10H12O2/c11-8-4-7-5-2-1-3-6(5)9(8)10(7)12/h5-7,9H,1-4H2/t5-,6+,7+,9+/m0/s1. The van der Waals surface area contributed by atoms with Crippen LogP contribution in [0.4, 0.5) is 0 Å². The van der Waals surface area contributed by atoms with Gasteiger partial charge in [0.1, 0.15) is 11.6 Å². The lowest BCUT2D eigenvalue weighted by Gasteiger charge is -2.20. The van der Waals surface area contributed by atoms with Crippen LogP contribution < -0.4 is 0 Å². The lowest BCUT2D eigenvalue weighted by Crippen LogP contribution is -2.24. The summed E-state index contributed by atoms with van der Waals surface area (Å²) >= 11 is 0. The fourth-order valence-corrected chi connectivity index (χ4v) is 3.58. The molecule has 0 radical (unpaired) electrons. The van der Waals surface area contributed by atoms with Crippen molar-refractivity contribution in [2.45, 2.75) is 25.7 Å². The largest absolute Gasteiger partial charge is 0.299 e. The van der Waals surface area contributed by atoms with Gasteiger partial charge in [0.25, 0.3) is 0 Å². The van der Waals surface area contributed by atoms with Crippen LogP contribution in [-0.4, -0.2) is 11.6 Å². The van der Waals surface area contributed by atoms with Gasteiger partial charge in [0.15, 0.2) is 0 Å². The molecule has 0 saturated heterocycles. The van der Waals surface area contributed by atoms with E-state index in [2.05, 4.69) is 0 Å². The molecule has 4 atom stereocenters. The Balaban J connectivity index is 2.04. The summed E-state index contributed by atoms with van der Waals surface area (Å²) in [4.78, 5) is 22.9. The van der Waals surface area contributed by atoms with Crippen molar-refractivity contribution >= 4 is 11.6 Å². The van der Waals surface area contributed by atoms with Gasteiger partial charge in [-0.2, -0.15) is 0 Å². The highest BCUT2D eigenvalue weighted by Crippen LogP contribution is 2.55. The molecule has 3 fully saturated rings. The molecule has 3 aliphatic rings. The summed E-state index contributed by atoms with van der Waals surface area (Å²) in [5, 5.41) is 0. The molecule has 3 aliphatic carbocycles. The van der Waals surface area contributed by atoms with Crippen LogP contribution in [0.25, 0.3) is 0 Å². The monoisotopic (exact) mass is 164 g/mol. The van der Waals surface area contributed by atoms with Crippen LogP contribution >= 0.6 is 0 Å². The average molecular weight is 164 g/mol. The average Bonchev–Trinajstić information content (AvgIpc) is 2.61. The van der Waals surface area contributed by atoms with Gasteiger partial charge in [-0.25, -0.2) is 0 Å². The summed E-state index contributed by atoms with van der Waals surface area (Å²) in [5.41, 5.74) is 0. The quantitative estimate of drug-likeness (QED) is 0.504. The minimum absolute atomic E-state index is 0.148. The van der Waals surface area contributed by atoms with Gasteiger partial charge in [-0.05, 0) is 24.7 Å². The van der Waals surface area contributed by atoms with E-state index >= 15 is 0 Å². The molecule has 0 unspecified atom stereocenters. The fraction of sp³-hybridized carbons (Fsp3) is 0.800. The van der Waals surface area contributed by atoms with Gasteiger partial charge in [0.05, 0.1) is 5.92 Å². The van der Waals surface area contributed by atoms with Crippen molar-refractivity contribution in [1.29, 1.82) is 0 Å². The lowest BCUT2D eigenvalue weighted by molar-refractivity contribution is -0.128. The molecule has 0 heterocycles. The van der Waals surface area contributed by atoms with Crippen molar-refractivity contribution < 1.29 is 9.59 Å². The molecule has 2 bridgehead atoms. The van der Waals surface area contributed by atoms with Gasteiger partial charge in [-0.1, -0.05) is 6.42 Å². The highest BCUT2D eigenvalue weighted by Gasteiger charge is 2.59. The fourth-order valence-electron chi connectivity index (χ4n) is 3.58. The Morgan fingerprint density at radius 1 is 1.08 bits per heavy atom. The number of fused-ring (bicyclic) bond motifs is 5. The third kappa shape index (κ3) is 0.584. The number of ketones is 2. The minimum atomic E-state index is -0.150. The van der Waals surface area contributed by atoms with E-state index < -0.39 is 0 Å². The van der Waals surface area contributed by atoms with Crippen molar-refractivity contribution in [2.24, 2.45) is 23.7 Å². The molecule has 2 heteroatoms. The van der Waals surface area contributed by atoms with Crippen LogP contribution in [0.5, 0.6) is 0 Å². The summed E-state index contributed by atoms with van der Waals surface area (Å²) in [5.74, 6) is 1.59. The molecular formula is C10H12O2. The molecule has 64 valence electrons. The van der Waals surface area contributed by atoms with Gasteiger partial charge in [-0.3, -0.25) is 9.59 Å². The Labute approximate surface area is 71.3 Å². The van der Waals surface area contributed by atoms with Gasteiger partial charge in [-0.15, -0.1) is 0 Å². The number of carbonyl (C=O) groups is 2. The number of hydrogen-bond donors (Lipinski definition) is 0. The highest BCUT2D eigenvalue weighted by atomic mass is 16.2. The first-order valence-corrected chi connectivity index (χ1v) is 4.85. The van der Waals surface area contributed by atoms with Crippen LogP contribution in [0, 0.1) is 23.7 Å². The maximum Gasteiger partial charge on any atom is 0.147 e. The maximum atomic E-state index is 11.6. The molecule has 0 aromatic heterocycles. The van der Waals surface area contributed by atoms with Crippen LogP contribution in [0.1, 0.15) is 25.7 Å². The van der Waals surface area contributed by atoms with E-state index in [1.165, 1.54) is 12.8 Å². The third-order valence-corrected chi connectivity index (χ3v) is 4.01. The van der Waals surface area contributed by atoms with E-state index in [1.807, 2.05) is 0 Å². The van der Waals surface area contributed by atoms with E-state index in [9.17, 15) is 9.59 Å². The predicted octanol–water partition coefficient (Wildman–Crippen LogP) is 1.19.